The summed E-state index contributed by atoms with van der Waals surface area (Å²) >= 11 is 3.81. The fourth-order valence-corrected chi connectivity index (χ4v) is 13.2. The Morgan fingerprint density at radius 1 is 0.243 bits per heavy atom. The monoisotopic (exact) mass is 926 g/mol. The fraction of sp³-hybridized carbons (Fsp3) is 0. The predicted molar refractivity (Wildman–Crippen MR) is 298 cm³/mol. The first kappa shape index (κ1) is 40.8. The van der Waals surface area contributed by atoms with E-state index >= 15 is 0 Å². The minimum Gasteiger partial charge on any atom is -0.311 e. The molecule has 0 N–H and O–H groups in total. The van der Waals surface area contributed by atoms with E-state index in [1.54, 1.807) is 0 Å². The Hall–Kier alpha value is -8.28. The Bertz CT molecular complexity index is 3850. The molecule has 12 aromatic carbocycles. The summed E-state index contributed by atoms with van der Waals surface area (Å²) in [5.41, 5.74) is 17.0. The van der Waals surface area contributed by atoms with Crippen LogP contribution in [0.3, 0.4) is 0 Å². The smallest absolute Gasteiger partial charge is 0.0618 e. The van der Waals surface area contributed by atoms with Gasteiger partial charge in [0.25, 0.3) is 0 Å². The number of fused-ring (bicyclic) bond motifs is 6. The molecule has 328 valence electrons. The van der Waals surface area contributed by atoms with Gasteiger partial charge in [-0.1, -0.05) is 193 Å². The highest BCUT2D eigenvalue weighted by Gasteiger charge is 2.28. The molecule has 2 aliphatic heterocycles. The maximum atomic E-state index is 2.45. The molecule has 0 aliphatic carbocycles. The van der Waals surface area contributed by atoms with Crippen LogP contribution in [0.5, 0.6) is 0 Å². The van der Waals surface area contributed by atoms with Crippen LogP contribution in [0.25, 0.3) is 76.8 Å². The van der Waals surface area contributed by atoms with E-state index in [9.17, 15) is 0 Å². The average molecular weight is 927 g/mol. The third-order valence-corrected chi connectivity index (χ3v) is 16.2. The van der Waals surface area contributed by atoms with Crippen molar-refractivity contribution in [2.75, 3.05) is 9.80 Å². The first-order valence-corrected chi connectivity index (χ1v) is 25.5. The minimum atomic E-state index is 1.13. The van der Waals surface area contributed by atoms with Gasteiger partial charge in [-0.2, -0.15) is 0 Å². The van der Waals surface area contributed by atoms with Crippen molar-refractivity contribution in [3.63, 3.8) is 0 Å². The zero-order valence-corrected chi connectivity index (χ0v) is 39.6. The standard InChI is InChI=1S/C66H42N2S2/c1-5-17-46(18-6-1)67(47-19-7-2-8-20-47)50-33-29-43(30-34-50)44-31-35-51-55-37-38-56-52-36-32-45(42-62(52)70-60-40-39-59(64(55)65(56)60)69-61(51)41-44)63-53-25-13-15-27-57(53)66(58-28-16-14-26-54(58)63)68(48-21-9-3-10-22-48)49-23-11-4-12-24-49/h1-42H. The van der Waals surface area contributed by atoms with Crippen LogP contribution in [0.2, 0.25) is 0 Å². The van der Waals surface area contributed by atoms with Gasteiger partial charge in [0, 0.05) is 69.6 Å². The summed E-state index contributed by atoms with van der Waals surface area (Å²) in [4.78, 5) is 9.94. The lowest BCUT2D eigenvalue weighted by atomic mass is 9.88. The van der Waals surface area contributed by atoms with Crippen molar-refractivity contribution < 1.29 is 0 Å². The summed E-state index contributed by atoms with van der Waals surface area (Å²) in [6.45, 7) is 0. The molecule has 0 spiro atoms. The number of benzene rings is 12. The van der Waals surface area contributed by atoms with Crippen LogP contribution in [0, 0.1) is 0 Å². The summed E-state index contributed by atoms with van der Waals surface area (Å²) < 4.78 is 0. The molecule has 2 nitrogen and oxygen atoms in total. The number of nitrogens with zero attached hydrogens (tertiary/aromatic N) is 2. The van der Waals surface area contributed by atoms with Crippen molar-refractivity contribution in [2.45, 2.75) is 19.6 Å². The molecule has 0 bridgehead atoms. The van der Waals surface area contributed by atoms with Gasteiger partial charge >= 0.3 is 0 Å². The van der Waals surface area contributed by atoms with E-state index in [1.807, 2.05) is 23.5 Å². The highest BCUT2D eigenvalue weighted by atomic mass is 32.2. The molecular weight excluding hydrogens is 885 g/mol. The molecule has 0 aromatic heterocycles. The zero-order valence-electron chi connectivity index (χ0n) is 38.0. The highest BCUT2D eigenvalue weighted by Crippen LogP contribution is 2.57. The zero-order chi connectivity index (χ0) is 46.1. The quantitative estimate of drug-likeness (QED) is 0.140. The topological polar surface area (TPSA) is 6.48 Å². The predicted octanol–water partition coefficient (Wildman–Crippen LogP) is 19.7. The second-order valence-electron chi connectivity index (χ2n) is 18.0. The molecule has 0 radical (unpaired) electrons. The van der Waals surface area contributed by atoms with Crippen LogP contribution in [0.4, 0.5) is 34.1 Å². The van der Waals surface area contributed by atoms with E-state index in [0.29, 0.717) is 0 Å². The van der Waals surface area contributed by atoms with Gasteiger partial charge in [-0.25, -0.2) is 0 Å². The molecular formula is C66H42N2S2. The van der Waals surface area contributed by atoms with Crippen molar-refractivity contribution in [1.29, 1.82) is 0 Å². The van der Waals surface area contributed by atoms with Crippen molar-refractivity contribution in [1.82, 2.24) is 0 Å². The van der Waals surface area contributed by atoms with E-state index in [-0.39, 0.29) is 0 Å². The van der Waals surface area contributed by atoms with Crippen LogP contribution < -0.4 is 9.80 Å². The summed E-state index contributed by atoms with van der Waals surface area (Å²) in [6.07, 6.45) is 0. The Kier molecular flexibility index (Phi) is 9.75. The molecule has 0 fully saturated rings. The van der Waals surface area contributed by atoms with Crippen molar-refractivity contribution in [3.8, 4) is 44.5 Å². The number of anilines is 6. The van der Waals surface area contributed by atoms with Crippen molar-refractivity contribution in [2.24, 2.45) is 0 Å². The molecule has 4 heteroatoms. The molecule has 70 heavy (non-hydrogen) atoms. The second-order valence-corrected chi connectivity index (χ2v) is 20.1. The van der Waals surface area contributed by atoms with Gasteiger partial charge < -0.3 is 9.80 Å². The van der Waals surface area contributed by atoms with E-state index in [2.05, 4.69) is 265 Å². The molecule has 0 saturated carbocycles. The molecule has 12 aromatic rings. The molecule has 14 rings (SSSR count). The molecule has 0 atom stereocenters. The normalized spacial score (nSPS) is 12.2. The summed E-state index contributed by atoms with van der Waals surface area (Å²) in [6, 6.07) is 93.3. The first-order valence-electron chi connectivity index (χ1n) is 23.8. The summed E-state index contributed by atoms with van der Waals surface area (Å²) in [7, 11) is 0. The van der Waals surface area contributed by atoms with Gasteiger partial charge in [-0.05, 0) is 140 Å². The summed E-state index contributed by atoms with van der Waals surface area (Å²) in [5.74, 6) is 0. The first-order chi connectivity index (χ1) is 34.7. The van der Waals surface area contributed by atoms with Gasteiger partial charge in [-0.15, -0.1) is 0 Å². The van der Waals surface area contributed by atoms with Crippen LogP contribution >= 0.6 is 23.5 Å². The largest absolute Gasteiger partial charge is 0.311 e. The van der Waals surface area contributed by atoms with Crippen LogP contribution in [0.15, 0.2) is 274 Å². The highest BCUT2D eigenvalue weighted by molar-refractivity contribution is 8.00. The lowest BCUT2D eigenvalue weighted by Gasteiger charge is -2.30. The molecule has 2 heterocycles. The number of para-hydroxylation sites is 4. The van der Waals surface area contributed by atoms with Gasteiger partial charge in [0.05, 0.1) is 5.69 Å². The number of hydrogen-bond donors (Lipinski definition) is 0. The minimum absolute atomic E-state index is 1.13. The lowest BCUT2D eigenvalue weighted by Crippen LogP contribution is -2.11. The molecule has 2 aliphatic rings. The fourth-order valence-electron chi connectivity index (χ4n) is 10.9. The van der Waals surface area contributed by atoms with E-state index in [4.69, 9.17) is 0 Å². The van der Waals surface area contributed by atoms with Crippen molar-refractivity contribution >= 4 is 90.0 Å². The Balaban J connectivity index is 0.835. The number of rotatable bonds is 8. The maximum absolute atomic E-state index is 2.45. The van der Waals surface area contributed by atoms with Crippen LogP contribution in [-0.2, 0) is 0 Å². The molecule has 0 amide bonds. The maximum Gasteiger partial charge on any atom is 0.0618 e. The second kappa shape index (κ2) is 16.7. The van der Waals surface area contributed by atoms with E-state index in [0.717, 1.165) is 28.4 Å². The Morgan fingerprint density at radius 3 is 1.07 bits per heavy atom. The Labute approximate surface area is 416 Å². The van der Waals surface area contributed by atoms with Gasteiger partial charge in [-0.3, -0.25) is 0 Å². The van der Waals surface area contributed by atoms with Gasteiger partial charge in [0.2, 0.25) is 0 Å². The molecule has 0 unspecified atom stereocenters. The lowest BCUT2D eigenvalue weighted by molar-refractivity contribution is 1.28. The van der Waals surface area contributed by atoms with Gasteiger partial charge in [0.15, 0.2) is 0 Å². The summed E-state index contributed by atoms with van der Waals surface area (Å²) in [5, 5.41) is 7.64. The van der Waals surface area contributed by atoms with E-state index in [1.165, 1.54) is 102 Å². The Morgan fingerprint density at radius 2 is 0.600 bits per heavy atom. The number of hydrogen-bond acceptors (Lipinski definition) is 4. The SMILES string of the molecule is c1ccc(N(c2ccccc2)c2ccc(-c3ccc4c(c3)Sc3ccc5c6c(ccc-4c36)-c3ccc(-c4c6ccccc6c(N(c6ccccc6)c6ccccc6)c6ccccc46)cc3S5)cc2)cc1. The average Bonchev–Trinajstić information content (AvgIpc) is 3.43. The van der Waals surface area contributed by atoms with Crippen molar-refractivity contribution in [3.05, 3.63) is 255 Å². The third kappa shape index (κ3) is 6.67. The van der Waals surface area contributed by atoms with Gasteiger partial charge in [0.1, 0.15) is 0 Å². The van der Waals surface area contributed by atoms with E-state index < -0.39 is 0 Å². The van der Waals surface area contributed by atoms with Crippen LogP contribution in [0.1, 0.15) is 0 Å². The van der Waals surface area contributed by atoms with Crippen LogP contribution in [-0.4, -0.2) is 0 Å². The third-order valence-electron chi connectivity index (χ3n) is 14.0. The molecule has 0 saturated heterocycles.